The Bertz CT molecular complexity index is 1480. The molecule has 2 aliphatic carbocycles. The number of carbonyl (C=O) groups excluding carboxylic acids is 2. The molecule has 2 bridgehead atoms. The molecular formula is C30H32N2O5. The average molecular weight is 501 g/mol. The Labute approximate surface area is 215 Å². The van der Waals surface area contributed by atoms with Crippen LogP contribution in [0, 0.1) is 16.2 Å². The van der Waals surface area contributed by atoms with Gasteiger partial charge in [0.25, 0.3) is 0 Å². The van der Waals surface area contributed by atoms with Crippen LogP contribution < -0.4 is 10.9 Å². The number of carbonyl (C=O) groups is 2. The van der Waals surface area contributed by atoms with Crippen LogP contribution in [0.25, 0.3) is 11.0 Å². The number of nitrogens with zero attached hydrogens (tertiary/aromatic N) is 1. The number of para-hydroxylation sites is 1. The van der Waals surface area contributed by atoms with Crippen molar-refractivity contribution in [2.24, 2.45) is 21.4 Å². The van der Waals surface area contributed by atoms with Crippen LogP contribution in [0.3, 0.4) is 0 Å². The van der Waals surface area contributed by atoms with Gasteiger partial charge < -0.3 is 14.6 Å². The van der Waals surface area contributed by atoms with E-state index in [2.05, 4.69) is 45.1 Å². The van der Waals surface area contributed by atoms with Gasteiger partial charge in [0.15, 0.2) is 0 Å². The molecule has 0 spiro atoms. The van der Waals surface area contributed by atoms with Gasteiger partial charge >= 0.3 is 11.6 Å². The number of hydrogen-bond donors (Lipinski definition) is 1. The van der Waals surface area contributed by atoms with Crippen molar-refractivity contribution in [2.45, 2.75) is 59.8 Å². The zero-order valence-corrected chi connectivity index (χ0v) is 21.9. The van der Waals surface area contributed by atoms with Crippen molar-refractivity contribution >= 4 is 34.2 Å². The molecule has 2 saturated carbocycles. The first kappa shape index (κ1) is 24.9. The van der Waals surface area contributed by atoms with E-state index in [1.807, 2.05) is 24.3 Å². The molecule has 2 aromatic carbocycles. The lowest BCUT2D eigenvalue weighted by Crippen LogP contribution is -2.43. The molecule has 0 saturated heterocycles. The van der Waals surface area contributed by atoms with E-state index < -0.39 is 27.8 Å². The third-order valence-electron chi connectivity index (χ3n) is 9.10. The van der Waals surface area contributed by atoms with Gasteiger partial charge in [-0.05, 0) is 54.0 Å². The molecule has 1 heterocycles. The Morgan fingerprint density at radius 2 is 1.73 bits per heavy atom. The van der Waals surface area contributed by atoms with Crippen LogP contribution in [0.5, 0.6) is 0 Å². The molecule has 0 aliphatic heterocycles. The van der Waals surface area contributed by atoms with E-state index in [0.29, 0.717) is 35.4 Å². The first-order chi connectivity index (χ1) is 17.5. The van der Waals surface area contributed by atoms with Crippen molar-refractivity contribution in [3.05, 3.63) is 76.1 Å². The van der Waals surface area contributed by atoms with Crippen LogP contribution in [0.1, 0.15) is 75.7 Å². The Morgan fingerprint density at radius 1 is 1.03 bits per heavy atom. The summed E-state index contributed by atoms with van der Waals surface area (Å²) >= 11 is 0. The summed E-state index contributed by atoms with van der Waals surface area (Å²) in [6.07, 6.45) is 1.84. The van der Waals surface area contributed by atoms with Gasteiger partial charge in [0.05, 0.1) is 11.1 Å². The third-order valence-corrected chi connectivity index (χ3v) is 9.10. The van der Waals surface area contributed by atoms with E-state index >= 15 is 0 Å². The summed E-state index contributed by atoms with van der Waals surface area (Å²) < 4.78 is 5.25. The Balaban J connectivity index is 1.39. The Hall–Kier alpha value is -3.74. The highest BCUT2D eigenvalue weighted by molar-refractivity contribution is 6.06. The predicted molar refractivity (Wildman–Crippen MR) is 143 cm³/mol. The van der Waals surface area contributed by atoms with E-state index in [-0.39, 0.29) is 11.5 Å². The van der Waals surface area contributed by atoms with Crippen molar-refractivity contribution in [1.82, 2.24) is 0 Å². The second kappa shape index (κ2) is 8.68. The number of hydrogen-bond acceptors (Lipinski definition) is 6. The molecule has 2 atom stereocenters. The standard InChI is InChI=1S/C30H32N2O5/c1-18(2)19-10-12-21(13-11-19)31-27(35)30-15-14-29(5,28(30,3)4)24(17-30)32-37-26(34)22-16-20-8-6-7-9-23(20)36-25(22)33/h6-13,16,18H,14-15,17H2,1-5H3,(H,31,35)/b32-24-. The van der Waals surface area contributed by atoms with E-state index in [1.165, 1.54) is 11.6 Å². The first-order valence-electron chi connectivity index (χ1n) is 12.7. The van der Waals surface area contributed by atoms with E-state index in [9.17, 15) is 14.4 Å². The molecule has 7 nitrogen and oxygen atoms in total. The minimum Gasteiger partial charge on any atom is -0.422 e. The van der Waals surface area contributed by atoms with Gasteiger partial charge in [-0.2, -0.15) is 0 Å². The Kier molecular flexibility index (Phi) is 5.85. The maximum atomic E-state index is 13.7. The monoisotopic (exact) mass is 500 g/mol. The van der Waals surface area contributed by atoms with Gasteiger partial charge in [0.1, 0.15) is 11.1 Å². The zero-order chi connectivity index (χ0) is 26.6. The van der Waals surface area contributed by atoms with Crippen molar-refractivity contribution in [2.75, 3.05) is 5.32 Å². The summed E-state index contributed by atoms with van der Waals surface area (Å²) in [5.74, 6) is -0.514. The van der Waals surface area contributed by atoms with Crippen molar-refractivity contribution < 1.29 is 18.8 Å². The lowest BCUT2D eigenvalue weighted by atomic mass is 9.64. The average Bonchev–Trinajstić information content (AvgIpc) is 3.18. The highest BCUT2D eigenvalue weighted by atomic mass is 16.7. The van der Waals surface area contributed by atoms with E-state index in [4.69, 9.17) is 9.25 Å². The largest absolute Gasteiger partial charge is 0.422 e. The predicted octanol–water partition coefficient (Wildman–Crippen LogP) is 6.28. The minimum atomic E-state index is -0.875. The van der Waals surface area contributed by atoms with Crippen LogP contribution >= 0.6 is 0 Å². The molecule has 5 rings (SSSR count). The maximum Gasteiger partial charge on any atom is 0.373 e. The molecule has 0 radical (unpaired) electrons. The van der Waals surface area contributed by atoms with Gasteiger partial charge in [-0.15, -0.1) is 0 Å². The molecular weight excluding hydrogens is 468 g/mol. The number of benzene rings is 2. The molecule has 2 unspecified atom stereocenters. The van der Waals surface area contributed by atoms with Gasteiger partial charge in [0, 0.05) is 22.9 Å². The lowest BCUT2D eigenvalue weighted by molar-refractivity contribution is -0.130. The summed E-state index contributed by atoms with van der Waals surface area (Å²) in [5, 5.41) is 7.98. The minimum absolute atomic E-state index is 0.0507. The topological polar surface area (TPSA) is 98.0 Å². The van der Waals surface area contributed by atoms with Gasteiger partial charge in [-0.3, -0.25) is 4.79 Å². The van der Waals surface area contributed by atoms with Crippen molar-refractivity contribution in [3.8, 4) is 0 Å². The molecule has 37 heavy (non-hydrogen) atoms. The molecule has 1 aromatic heterocycles. The highest BCUT2D eigenvalue weighted by Gasteiger charge is 2.71. The molecule has 3 aromatic rings. The van der Waals surface area contributed by atoms with Crippen molar-refractivity contribution in [1.29, 1.82) is 0 Å². The second-order valence-electron chi connectivity index (χ2n) is 11.3. The van der Waals surface area contributed by atoms with Gasteiger partial charge in [0.2, 0.25) is 5.91 Å². The van der Waals surface area contributed by atoms with Crippen molar-refractivity contribution in [3.63, 3.8) is 0 Å². The van der Waals surface area contributed by atoms with Crippen LogP contribution in [0.15, 0.2) is 69.0 Å². The van der Waals surface area contributed by atoms with Gasteiger partial charge in [-0.25, -0.2) is 9.59 Å². The molecule has 2 aliphatic rings. The number of anilines is 1. The summed E-state index contributed by atoms with van der Waals surface area (Å²) in [6, 6.07) is 16.3. The fourth-order valence-electron chi connectivity index (χ4n) is 6.07. The summed E-state index contributed by atoms with van der Waals surface area (Å²) in [6.45, 7) is 10.5. The smallest absolute Gasteiger partial charge is 0.373 e. The van der Waals surface area contributed by atoms with Crippen LogP contribution in [-0.4, -0.2) is 17.6 Å². The van der Waals surface area contributed by atoms with E-state index in [0.717, 1.165) is 12.1 Å². The molecule has 1 amide bonds. The number of rotatable bonds is 5. The molecule has 7 heteroatoms. The summed E-state index contributed by atoms with van der Waals surface area (Å²) in [7, 11) is 0. The van der Waals surface area contributed by atoms with Crippen LogP contribution in [0.2, 0.25) is 0 Å². The SMILES string of the molecule is CC(C)c1ccc(NC(=O)C23CCC(C)(/C(=N\OC(=O)c4cc5ccccc5oc4=O)C2)C3(C)C)cc1. The zero-order valence-electron chi connectivity index (χ0n) is 21.9. The summed E-state index contributed by atoms with van der Waals surface area (Å²) in [5.41, 5.74) is 0.490. The highest BCUT2D eigenvalue weighted by Crippen LogP contribution is 2.71. The quantitative estimate of drug-likeness (QED) is 0.252. The first-order valence-corrected chi connectivity index (χ1v) is 12.7. The summed E-state index contributed by atoms with van der Waals surface area (Å²) in [4.78, 5) is 44.2. The third kappa shape index (κ3) is 3.79. The fraction of sp³-hybridized carbons (Fsp3) is 0.400. The van der Waals surface area contributed by atoms with Crippen LogP contribution in [-0.2, 0) is 9.63 Å². The van der Waals surface area contributed by atoms with Crippen LogP contribution in [0.4, 0.5) is 5.69 Å². The number of nitrogens with one attached hydrogen (secondary N) is 1. The Morgan fingerprint density at radius 3 is 2.43 bits per heavy atom. The molecule has 2 fully saturated rings. The normalized spacial score (nSPS) is 25.1. The van der Waals surface area contributed by atoms with Gasteiger partial charge in [-0.1, -0.05) is 70.1 Å². The fourth-order valence-corrected chi connectivity index (χ4v) is 6.07. The molecule has 192 valence electrons. The lowest BCUT2D eigenvalue weighted by Gasteiger charge is -2.39. The number of amides is 1. The maximum absolute atomic E-state index is 13.7. The number of oxime groups is 1. The van der Waals surface area contributed by atoms with E-state index in [1.54, 1.807) is 24.3 Å². The number of fused-ring (bicyclic) bond motifs is 3. The second-order valence-corrected chi connectivity index (χ2v) is 11.3. The molecule has 1 N–H and O–H groups in total.